The van der Waals surface area contributed by atoms with Crippen LogP contribution in [0, 0.1) is 6.92 Å². The lowest BCUT2D eigenvalue weighted by atomic mass is 10.0. The zero-order valence-electron chi connectivity index (χ0n) is 14.4. The Hall–Kier alpha value is -2.30. The molecule has 0 atom stereocenters. The molecule has 5 heteroatoms. The molecular formula is C18H23N3O2. The first kappa shape index (κ1) is 15.6. The number of carbonyl (C=O) groups excluding carboxylic acids is 1. The minimum atomic E-state index is -0.468. The smallest absolute Gasteiger partial charge is 0.410 e. The molecule has 2 heterocycles. The molecule has 3 rings (SSSR count). The second-order valence-electron chi connectivity index (χ2n) is 7.12. The number of benzene rings is 1. The number of aromatic nitrogens is 2. The van der Waals surface area contributed by atoms with Crippen LogP contribution in [-0.4, -0.2) is 26.4 Å². The molecule has 0 fully saturated rings. The summed E-state index contributed by atoms with van der Waals surface area (Å²) in [7, 11) is 1.92. The van der Waals surface area contributed by atoms with Gasteiger partial charge in [-0.2, -0.15) is 5.10 Å². The standard InChI is InChI=1S/C18H23N3O2/c1-12-16(11-20(5)19-12)13-6-7-14-9-21(10-15(14)8-13)17(22)23-18(2,3)4/h6-8,11H,9-10H2,1-5H3. The van der Waals surface area contributed by atoms with Gasteiger partial charge in [-0.15, -0.1) is 0 Å². The van der Waals surface area contributed by atoms with E-state index in [2.05, 4.69) is 23.3 Å². The molecule has 1 amide bonds. The van der Waals surface area contributed by atoms with Crippen molar-refractivity contribution in [2.45, 2.75) is 46.4 Å². The van der Waals surface area contributed by atoms with Gasteiger partial charge in [0.1, 0.15) is 5.60 Å². The van der Waals surface area contributed by atoms with Crippen molar-refractivity contribution in [2.24, 2.45) is 7.05 Å². The molecule has 1 aliphatic rings. The van der Waals surface area contributed by atoms with Crippen LogP contribution < -0.4 is 0 Å². The zero-order chi connectivity index (χ0) is 16.8. The van der Waals surface area contributed by atoms with Crippen LogP contribution in [0.1, 0.15) is 37.6 Å². The fourth-order valence-electron chi connectivity index (χ4n) is 2.90. The minimum absolute atomic E-state index is 0.257. The average molecular weight is 313 g/mol. The van der Waals surface area contributed by atoms with Crippen LogP contribution in [-0.2, 0) is 24.9 Å². The molecule has 0 aliphatic carbocycles. The molecule has 1 aromatic carbocycles. The Morgan fingerprint density at radius 1 is 1.22 bits per heavy atom. The molecule has 1 aromatic heterocycles. The Bertz CT molecular complexity index is 756. The van der Waals surface area contributed by atoms with Gasteiger partial charge in [-0.3, -0.25) is 9.58 Å². The third-order valence-corrected chi connectivity index (χ3v) is 3.90. The molecule has 0 bridgehead atoms. The van der Waals surface area contributed by atoms with E-state index in [4.69, 9.17) is 4.74 Å². The number of nitrogens with zero attached hydrogens (tertiary/aromatic N) is 3. The number of hydrogen-bond donors (Lipinski definition) is 0. The number of amides is 1. The van der Waals surface area contributed by atoms with Crippen molar-refractivity contribution in [3.05, 3.63) is 41.2 Å². The van der Waals surface area contributed by atoms with E-state index in [0.717, 1.165) is 16.8 Å². The average Bonchev–Trinajstić information content (AvgIpc) is 2.99. The van der Waals surface area contributed by atoms with E-state index in [1.54, 1.807) is 4.90 Å². The fourth-order valence-corrected chi connectivity index (χ4v) is 2.90. The van der Waals surface area contributed by atoms with E-state index in [1.165, 1.54) is 11.1 Å². The van der Waals surface area contributed by atoms with E-state index < -0.39 is 5.60 Å². The maximum atomic E-state index is 12.2. The maximum absolute atomic E-state index is 12.2. The molecule has 2 aromatic rings. The van der Waals surface area contributed by atoms with Gasteiger partial charge in [0.25, 0.3) is 0 Å². The van der Waals surface area contributed by atoms with Gasteiger partial charge in [0.15, 0.2) is 0 Å². The van der Waals surface area contributed by atoms with Gasteiger partial charge in [0.2, 0.25) is 0 Å². The van der Waals surface area contributed by atoms with Crippen molar-refractivity contribution in [1.29, 1.82) is 0 Å². The fraction of sp³-hybridized carbons (Fsp3) is 0.444. The van der Waals surface area contributed by atoms with Gasteiger partial charge in [-0.05, 0) is 50.5 Å². The first-order chi connectivity index (χ1) is 10.7. The SMILES string of the molecule is Cc1nn(C)cc1-c1ccc2c(c1)CN(C(=O)OC(C)(C)C)C2. The molecular weight excluding hydrogens is 290 g/mol. The number of hydrogen-bond acceptors (Lipinski definition) is 3. The van der Waals surface area contributed by atoms with Crippen LogP contribution >= 0.6 is 0 Å². The van der Waals surface area contributed by atoms with E-state index >= 15 is 0 Å². The number of carbonyl (C=O) groups is 1. The molecule has 1 aliphatic heterocycles. The van der Waals surface area contributed by atoms with Crippen LogP contribution in [0.25, 0.3) is 11.1 Å². The van der Waals surface area contributed by atoms with Gasteiger partial charge in [-0.25, -0.2) is 4.79 Å². The van der Waals surface area contributed by atoms with Crippen molar-refractivity contribution in [3.63, 3.8) is 0 Å². The van der Waals surface area contributed by atoms with Crippen molar-refractivity contribution in [1.82, 2.24) is 14.7 Å². The van der Waals surface area contributed by atoms with Crippen LogP contribution in [0.2, 0.25) is 0 Å². The zero-order valence-corrected chi connectivity index (χ0v) is 14.4. The molecule has 122 valence electrons. The van der Waals surface area contributed by atoms with Crippen LogP contribution in [0.5, 0.6) is 0 Å². The molecule has 0 saturated carbocycles. The molecule has 0 N–H and O–H groups in total. The predicted octanol–water partition coefficient (Wildman–Crippen LogP) is 3.65. The van der Waals surface area contributed by atoms with Crippen molar-refractivity contribution in [3.8, 4) is 11.1 Å². The predicted molar refractivity (Wildman–Crippen MR) is 88.9 cm³/mol. The first-order valence-corrected chi connectivity index (χ1v) is 7.83. The molecule has 0 unspecified atom stereocenters. The van der Waals surface area contributed by atoms with E-state index in [1.807, 2.05) is 45.6 Å². The largest absolute Gasteiger partial charge is 0.444 e. The third-order valence-electron chi connectivity index (χ3n) is 3.90. The normalized spacial score (nSPS) is 14.0. The van der Waals surface area contributed by atoms with Gasteiger partial charge >= 0.3 is 6.09 Å². The third kappa shape index (κ3) is 3.23. The summed E-state index contributed by atoms with van der Waals surface area (Å²) < 4.78 is 7.29. The number of ether oxygens (including phenoxy) is 1. The van der Waals surface area contributed by atoms with Crippen molar-refractivity contribution >= 4 is 6.09 Å². The number of fused-ring (bicyclic) bond motifs is 1. The highest BCUT2D eigenvalue weighted by atomic mass is 16.6. The lowest BCUT2D eigenvalue weighted by molar-refractivity contribution is 0.0242. The van der Waals surface area contributed by atoms with Crippen molar-refractivity contribution in [2.75, 3.05) is 0 Å². The second-order valence-corrected chi connectivity index (χ2v) is 7.12. The van der Waals surface area contributed by atoms with Crippen LogP contribution in [0.15, 0.2) is 24.4 Å². The lowest BCUT2D eigenvalue weighted by Crippen LogP contribution is -2.33. The maximum Gasteiger partial charge on any atom is 0.410 e. The van der Waals surface area contributed by atoms with E-state index in [9.17, 15) is 4.79 Å². The molecule has 5 nitrogen and oxygen atoms in total. The summed E-state index contributed by atoms with van der Waals surface area (Å²) in [5.74, 6) is 0. The van der Waals surface area contributed by atoms with Gasteiger partial charge in [-0.1, -0.05) is 12.1 Å². The minimum Gasteiger partial charge on any atom is -0.444 e. The molecule has 0 spiro atoms. The summed E-state index contributed by atoms with van der Waals surface area (Å²) in [6, 6.07) is 6.35. The number of aryl methyl sites for hydroxylation is 2. The Balaban J connectivity index is 1.81. The first-order valence-electron chi connectivity index (χ1n) is 7.83. The molecule has 0 radical (unpaired) electrons. The highest BCUT2D eigenvalue weighted by Gasteiger charge is 2.28. The molecule has 0 saturated heterocycles. The second kappa shape index (κ2) is 5.41. The number of rotatable bonds is 1. The van der Waals surface area contributed by atoms with Gasteiger partial charge in [0.05, 0.1) is 5.69 Å². The summed E-state index contributed by atoms with van der Waals surface area (Å²) in [5.41, 5.74) is 5.17. The Morgan fingerprint density at radius 2 is 1.91 bits per heavy atom. The van der Waals surface area contributed by atoms with E-state index in [-0.39, 0.29) is 6.09 Å². The molecule has 23 heavy (non-hydrogen) atoms. The monoisotopic (exact) mass is 313 g/mol. The summed E-state index contributed by atoms with van der Waals surface area (Å²) >= 11 is 0. The lowest BCUT2D eigenvalue weighted by Gasteiger charge is -2.24. The van der Waals surface area contributed by atoms with Crippen LogP contribution in [0.4, 0.5) is 4.79 Å². The Kier molecular flexibility index (Phi) is 3.66. The summed E-state index contributed by atoms with van der Waals surface area (Å²) in [5, 5.41) is 4.40. The van der Waals surface area contributed by atoms with Gasteiger partial charge in [0, 0.05) is 31.9 Å². The quantitative estimate of drug-likeness (QED) is 0.807. The van der Waals surface area contributed by atoms with Crippen molar-refractivity contribution < 1.29 is 9.53 Å². The highest BCUT2D eigenvalue weighted by Crippen LogP contribution is 2.30. The topological polar surface area (TPSA) is 47.4 Å². The summed E-state index contributed by atoms with van der Waals surface area (Å²) in [6.45, 7) is 8.87. The van der Waals surface area contributed by atoms with E-state index in [0.29, 0.717) is 13.1 Å². The highest BCUT2D eigenvalue weighted by molar-refractivity contribution is 5.71. The summed E-state index contributed by atoms with van der Waals surface area (Å²) in [4.78, 5) is 14.0. The Labute approximate surface area is 136 Å². The van der Waals surface area contributed by atoms with Gasteiger partial charge < -0.3 is 4.74 Å². The van der Waals surface area contributed by atoms with Crippen LogP contribution in [0.3, 0.4) is 0 Å². The Morgan fingerprint density at radius 3 is 2.52 bits per heavy atom. The summed E-state index contributed by atoms with van der Waals surface area (Å²) in [6.07, 6.45) is 1.77.